The van der Waals surface area contributed by atoms with Crippen LogP contribution in [0.4, 0.5) is 0 Å². The Hall–Kier alpha value is -2.64. The van der Waals surface area contributed by atoms with Crippen molar-refractivity contribution in [1.82, 2.24) is 5.32 Å². The molecule has 33 heavy (non-hydrogen) atoms. The topological polar surface area (TPSA) is 77.8 Å². The summed E-state index contributed by atoms with van der Waals surface area (Å²) in [6.07, 6.45) is 4.44. The summed E-state index contributed by atoms with van der Waals surface area (Å²) in [4.78, 5) is 26.8. The van der Waals surface area contributed by atoms with Gasteiger partial charge in [-0.1, -0.05) is 28.1 Å². The fourth-order valence-electron chi connectivity index (χ4n) is 5.08. The number of carbonyl (C=O) groups is 2. The normalized spacial score (nSPS) is 25.2. The van der Waals surface area contributed by atoms with Gasteiger partial charge in [-0.25, -0.2) is 4.79 Å². The zero-order valence-corrected chi connectivity index (χ0v) is 20.0. The lowest BCUT2D eigenvalue weighted by molar-refractivity contribution is -0.142. The second-order valence-corrected chi connectivity index (χ2v) is 9.74. The second-order valence-electron chi connectivity index (χ2n) is 8.82. The van der Waals surface area contributed by atoms with Gasteiger partial charge in [0.25, 0.3) is 0 Å². The number of Topliss-reactive ketones (excluding diaryl/α,β-unsaturated/α-hetero) is 1. The molecule has 0 amide bonds. The number of halogens is 1. The summed E-state index contributed by atoms with van der Waals surface area (Å²) in [7, 11) is 0. The van der Waals surface area contributed by atoms with Crippen molar-refractivity contribution in [1.29, 1.82) is 0 Å². The van der Waals surface area contributed by atoms with E-state index in [0.29, 0.717) is 36.3 Å². The van der Waals surface area contributed by atoms with E-state index in [4.69, 9.17) is 13.9 Å². The summed E-state index contributed by atoms with van der Waals surface area (Å²) in [5, 5.41) is 3.37. The van der Waals surface area contributed by atoms with Crippen LogP contribution in [0.3, 0.4) is 0 Å². The Morgan fingerprint density at radius 2 is 2.12 bits per heavy atom. The van der Waals surface area contributed by atoms with Crippen LogP contribution < -0.4 is 5.32 Å². The number of rotatable bonds is 5. The zero-order valence-electron chi connectivity index (χ0n) is 18.4. The minimum atomic E-state index is -0.485. The summed E-state index contributed by atoms with van der Waals surface area (Å²) in [5.41, 5.74) is 3.57. The maximum atomic E-state index is 13.5. The summed E-state index contributed by atoms with van der Waals surface area (Å²) in [6, 6.07) is 11.5. The molecule has 0 saturated carbocycles. The molecular formula is C26H26BrNO5. The van der Waals surface area contributed by atoms with E-state index < -0.39 is 11.9 Å². The predicted molar refractivity (Wildman–Crippen MR) is 125 cm³/mol. The number of furan rings is 1. The van der Waals surface area contributed by atoms with E-state index in [1.807, 2.05) is 43.3 Å². The van der Waals surface area contributed by atoms with Crippen LogP contribution in [-0.4, -0.2) is 31.1 Å². The van der Waals surface area contributed by atoms with Crippen molar-refractivity contribution in [3.8, 4) is 0 Å². The van der Waals surface area contributed by atoms with Crippen LogP contribution in [-0.2, 0) is 19.1 Å². The lowest BCUT2D eigenvalue weighted by atomic mass is 9.72. The van der Waals surface area contributed by atoms with Crippen LogP contribution in [0.25, 0.3) is 0 Å². The first kappa shape index (κ1) is 22.2. The SMILES string of the molecule is CC1=C(C(=O)OC[C@H]2CCCO2)[C@@H](c2cccc(Br)c2)C2=C(C[C@@H](c3ccco3)CC2=O)N1. The highest BCUT2D eigenvalue weighted by atomic mass is 79.9. The molecule has 1 fully saturated rings. The number of ether oxygens (including phenoxy) is 2. The van der Waals surface area contributed by atoms with Crippen LogP contribution in [0.2, 0.25) is 0 Å². The van der Waals surface area contributed by atoms with Crippen molar-refractivity contribution in [2.75, 3.05) is 13.2 Å². The quantitative estimate of drug-likeness (QED) is 0.560. The minimum absolute atomic E-state index is 0.0204. The maximum absolute atomic E-state index is 13.5. The molecule has 0 unspecified atom stereocenters. The van der Waals surface area contributed by atoms with Crippen molar-refractivity contribution in [2.24, 2.45) is 0 Å². The van der Waals surface area contributed by atoms with Crippen LogP contribution in [0.1, 0.15) is 55.8 Å². The smallest absolute Gasteiger partial charge is 0.336 e. The first-order valence-electron chi connectivity index (χ1n) is 11.3. The molecule has 0 radical (unpaired) electrons. The van der Waals surface area contributed by atoms with Gasteiger partial charge in [0.05, 0.1) is 17.9 Å². The van der Waals surface area contributed by atoms with Crippen LogP contribution in [0, 0.1) is 0 Å². The van der Waals surface area contributed by atoms with Crippen molar-refractivity contribution in [3.05, 3.63) is 81.0 Å². The Labute approximate surface area is 201 Å². The van der Waals surface area contributed by atoms with Gasteiger partial charge in [-0.3, -0.25) is 4.79 Å². The Balaban J connectivity index is 1.50. The van der Waals surface area contributed by atoms with Gasteiger partial charge in [0.15, 0.2) is 5.78 Å². The van der Waals surface area contributed by atoms with Crippen LogP contribution >= 0.6 is 15.9 Å². The fraction of sp³-hybridized carbons (Fsp3) is 0.385. The summed E-state index contributed by atoms with van der Waals surface area (Å²) < 4.78 is 17.8. The van der Waals surface area contributed by atoms with Gasteiger partial charge in [0, 0.05) is 46.3 Å². The molecule has 3 atom stereocenters. The van der Waals surface area contributed by atoms with E-state index in [1.54, 1.807) is 6.26 Å². The number of hydrogen-bond acceptors (Lipinski definition) is 6. The van der Waals surface area contributed by atoms with Crippen molar-refractivity contribution < 1.29 is 23.5 Å². The number of benzene rings is 1. The maximum Gasteiger partial charge on any atom is 0.336 e. The molecule has 1 aliphatic carbocycles. The van der Waals surface area contributed by atoms with Crippen LogP contribution in [0.15, 0.2) is 74.1 Å². The number of hydrogen-bond donors (Lipinski definition) is 1. The van der Waals surface area contributed by atoms with E-state index in [0.717, 1.165) is 34.3 Å². The molecule has 3 heterocycles. The second kappa shape index (κ2) is 9.31. The molecule has 7 heteroatoms. The monoisotopic (exact) mass is 511 g/mol. The number of esters is 1. The Morgan fingerprint density at radius 3 is 2.85 bits per heavy atom. The molecule has 0 spiro atoms. The largest absolute Gasteiger partial charge is 0.469 e. The summed E-state index contributed by atoms with van der Waals surface area (Å²) >= 11 is 3.54. The van der Waals surface area contributed by atoms with Gasteiger partial charge in [0.1, 0.15) is 12.4 Å². The van der Waals surface area contributed by atoms with Gasteiger partial charge in [-0.2, -0.15) is 0 Å². The molecule has 2 aliphatic heterocycles. The van der Waals surface area contributed by atoms with Crippen molar-refractivity contribution in [2.45, 2.75) is 50.5 Å². The molecule has 6 nitrogen and oxygen atoms in total. The van der Waals surface area contributed by atoms with Gasteiger partial charge in [-0.05, 0) is 56.0 Å². The third-order valence-corrected chi connectivity index (χ3v) is 7.09. The molecule has 1 aromatic carbocycles. The lowest BCUT2D eigenvalue weighted by Crippen LogP contribution is -2.36. The van der Waals surface area contributed by atoms with E-state index in [9.17, 15) is 9.59 Å². The first-order valence-corrected chi connectivity index (χ1v) is 12.1. The number of nitrogens with one attached hydrogen (secondary N) is 1. The molecule has 1 N–H and O–H groups in total. The minimum Gasteiger partial charge on any atom is -0.469 e. The molecule has 2 aromatic rings. The number of ketones is 1. The molecule has 172 valence electrons. The highest BCUT2D eigenvalue weighted by Gasteiger charge is 2.42. The van der Waals surface area contributed by atoms with Gasteiger partial charge in [0.2, 0.25) is 0 Å². The average molecular weight is 512 g/mol. The first-order chi connectivity index (χ1) is 16.0. The Morgan fingerprint density at radius 1 is 1.24 bits per heavy atom. The van der Waals surface area contributed by atoms with Gasteiger partial charge >= 0.3 is 5.97 Å². The Kier molecular flexibility index (Phi) is 6.25. The zero-order chi connectivity index (χ0) is 22.9. The van der Waals surface area contributed by atoms with E-state index in [1.165, 1.54) is 0 Å². The Bertz CT molecular complexity index is 1130. The van der Waals surface area contributed by atoms with Crippen LogP contribution in [0.5, 0.6) is 0 Å². The highest BCUT2D eigenvalue weighted by Crippen LogP contribution is 2.46. The molecule has 0 bridgehead atoms. The molecule has 1 saturated heterocycles. The van der Waals surface area contributed by atoms with Gasteiger partial charge in [-0.15, -0.1) is 0 Å². The molecule has 3 aliphatic rings. The number of allylic oxidation sites excluding steroid dienone is 3. The molecule has 5 rings (SSSR count). The predicted octanol–water partition coefficient (Wildman–Crippen LogP) is 5.13. The third kappa shape index (κ3) is 4.44. The lowest BCUT2D eigenvalue weighted by Gasteiger charge is -2.36. The number of dihydropyridines is 1. The molecular weight excluding hydrogens is 486 g/mol. The highest BCUT2D eigenvalue weighted by molar-refractivity contribution is 9.10. The standard InChI is InChI=1S/C26H26BrNO5/c1-15-23(26(30)33-14-19-7-3-9-31-19)24(16-5-2-6-18(27)11-16)25-20(28-15)12-17(13-21(25)29)22-8-4-10-32-22/h2,4-6,8,10-11,17,19,24,28H,3,7,9,12-14H2,1H3/t17-,19-,24-/m1/s1. The summed E-state index contributed by atoms with van der Waals surface area (Å²) in [5.74, 6) is -0.0948. The van der Waals surface area contributed by atoms with E-state index in [2.05, 4.69) is 21.2 Å². The van der Waals surface area contributed by atoms with Gasteiger partial charge < -0.3 is 19.2 Å². The van der Waals surface area contributed by atoms with E-state index >= 15 is 0 Å². The third-order valence-electron chi connectivity index (χ3n) is 6.60. The van der Waals surface area contributed by atoms with Crippen molar-refractivity contribution in [3.63, 3.8) is 0 Å². The molecule has 1 aromatic heterocycles. The van der Waals surface area contributed by atoms with Crippen molar-refractivity contribution >= 4 is 27.7 Å². The average Bonchev–Trinajstić information content (AvgIpc) is 3.50. The summed E-state index contributed by atoms with van der Waals surface area (Å²) in [6.45, 7) is 2.80. The van der Waals surface area contributed by atoms with E-state index in [-0.39, 0.29) is 24.4 Å². The fourth-order valence-corrected chi connectivity index (χ4v) is 5.49. The number of carbonyl (C=O) groups excluding carboxylic acids is 2.